The standard InChI is InChI=1S/C15H21F2NO/c1-2-18-15-12-8-4-3-6-11(12)7-5-9-13(15)19-10-14(16)17/h3-4,6,8,13-15,18H,2,5,7,9-10H2,1H3. The number of hydrogen-bond donors (Lipinski definition) is 1. The minimum absolute atomic E-state index is 0.0162. The minimum atomic E-state index is -2.40. The third-order valence-electron chi connectivity index (χ3n) is 3.56. The van der Waals surface area contributed by atoms with Crippen molar-refractivity contribution in [2.75, 3.05) is 13.2 Å². The molecule has 19 heavy (non-hydrogen) atoms. The Morgan fingerprint density at radius 3 is 2.89 bits per heavy atom. The van der Waals surface area contributed by atoms with Crippen LogP contribution in [-0.4, -0.2) is 25.7 Å². The maximum atomic E-state index is 12.4. The average molecular weight is 269 g/mol. The second-order valence-corrected chi connectivity index (χ2v) is 4.89. The van der Waals surface area contributed by atoms with E-state index >= 15 is 0 Å². The minimum Gasteiger partial charge on any atom is -0.370 e. The van der Waals surface area contributed by atoms with E-state index in [-0.39, 0.29) is 12.1 Å². The molecule has 1 aromatic carbocycles. The zero-order valence-electron chi connectivity index (χ0n) is 11.2. The molecule has 1 aliphatic carbocycles. The van der Waals surface area contributed by atoms with Crippen molar-refractivity contribution in [1.82, 2.24) is 5.32 Å². The highest BCUT2D eigenvalue weighted by atomic mass is 19.3. The van der Waals surface area contributed by atoms with E-state index in [2.05, 4.69) is 17.4 Å². The Labute approximate surface area is 113 Å². The third-order valence-corrected chi connectivity index (χ3v) is 3.56. The van der Waals surface area contributed by atoms with Gasteiger partial charge >= 0.3 is 0 Å². The van der Waals surface area contributed by atoms with E-state index in [0.717, 1.165) is 25.8 Å². The van der Waals surface area contributed by atoms with Crippen molar-refractivity contribution in [3.63, 3.8) is 0 Å². The van der Waals surface area contributed by atoms with E-state index in [0.29, 0.717) is 0 Å². The normalized spacial score (nSPS) is 23.2. The van der Waals surface area contributed by atoms with Gasteiger partial charge in [-0.1, -0.05) is 31.2 Å². The van der Waals surface area contributed by atoms with Crippen LogP contribution in [0.1, 0.15) is 36.9 Å². The van der Waals surface area contributed by atoms with Crippen LogP contribution in [0.4, 0.5) is 8.78 Å². The molecule has 1 aliphatic rings. The molecule has 106 valence electrons. The molecule has 1 aromatic rings. The van der Waals surface area contributed by atoms with Crippen LogP contribution in [0.25, 0.3) is 0 Å². The van der Waals surface area contributed by atoms with E-state index in [4.69, 9.17) is 4.74 Å². The molecule has 0 bridgehead atoms. The average Bonchev–Trinajstić information content (AvgIpc) is 2.57. The Morgan fingerprint density at radius 2 is 2.16 bits per heavy atom. The van der Waals surface area contributed by atoms with Gasteiger partial charge in [0.15, 0.2) is 0 Å². The zero-order valence-corrected chi connectivity index (χ0v) is 11.2. The number of hydrogen-bond acceptors (Lipinski definition) is 2. The summed E-state index contributed by atoms with van der Waals surface area (Å²) in [6, 6.07) is 8.24. The van der Waals surface area contributed by atoms with Crippen LogP contribution in [-0.2, 0) is 11.2 Å². The number of ether oxygens (including phenoxy) is 1. The Kier molecular flexibility index (Phi) is 5.28. The van der Waals surface area contributed by atoms with E-state index in [1.165, 1.54) is 11.1 Å². The highest BCUT2D eigenvalue weighted by Gasteiger charge is 2.28. The Bertz CT molecular complexity index is 397. The third kappa shape index (κ3) is 3.74. The van der Waals surface area contributed by atoms with Gasteiger partial charge in [-0.05, 0) is 36.9 Å². The number of benzene rings is 1. The summed E-state index contributed by atoms with van der Waals surface area (Å²) in [5.74, 6) is 0. The van der Waals surface area contributed by atoms with Crippen molar-refractivity contribution in [2.45, 2.75) is 44.8 Å². The number of halogens is 2. The highest BCUT2D eigenvalue weighted by molar-refractivity contribution is 5.32. The number of likely N-dealkylation sites (N-methyl/N-ethyl adjacent to an activating group) is 1. The molecule has 2 unspecified atom stereocenters. The summed E-state index contributed by atoms with van der Waals surface area (Å²) in [4.78, 5) is 0. The number of aryl methyl sites for hydroxylation is 1. The van der Waals surface area contributed by atoms with Gasteiger partial charge in [0.25, 0.3) is 6.43 Å². The topological polar surface area (TPSA) is 21.3 Å². The van der Waals surface area contributed by atoms with Gasteiger partial charge in [-0.15, -0.1) is 0 Å². The lowest BCUT2D eigenvalue weighted by atomic mass is 9.97. The van der Waals surface area contributed by atoms with Gasteiger partial charge in [-0.2, -0.15) is 0 Å². The first-order valence-electron chi connectivity index (χ1n) is 6.93. The van der Waals surface area contributed by atoms with Crippen LogP contribution in [0.3, 0.4) is 0 Å². The lowest BCUT2D eigenvalue weighted by Crippen LogP contribution is -2.34. The lowest BCUT2D eigenvalue weighted by Gasteiger charge is -2.27. The molecular weight excluding hydrogens is 248 g/mol. The van der Waals surface area contributed by atoms with Crippen LogP contribution >= 0.6 is 0 Å². The molecule has 1 N–H and O–H groups in total. The molecule has 2 nitrogen and oxygen atoms in total. The maximum absolute atomic E-state index is 12.4. The predicted octanol–water partition coefficient (Wildman–Crippen LogP) is 3.32. The van der Waals surface area contributed by atoms with Crippen LogP contribution in [0.15, 0.2) is 24.3 Å². The molecule has 0 saturated carbocycles. The fourth-order valence-electron chi connectivity index (χ4n) is 2.76. The van der Waals surface area contributed by atoms with Crippen LogP contribution in [0, 0.1) is 0 Å². The Balaban J connectivity index is 2.19. The summed E-state index contributed by atoms with van der Waals surface area (Å²) in [5, 5.41) is 3.38. The van der Waals surface area contributed by atoms with Gasteiger partial charge in [0.1, 0.15) is 6.61 Å². The summed E-state index contributed by atoms with van der Waals surface area (Å²) in [7, 11) is 0. The van der Waals surface area contributed by atoms with E-state index in [1.54, 1.807) is 0 Å². The fraction of sp³-hybridized carbons (Fsp3) is 0.600. The summed E-state index contributed by atoms with van der Waals surface area (Å²) in [6.45, 7) is 2.35. The summed E-state index contributed by atoms with van der Waals surface area (Å²) in [5.41, 5.74) is 2.50. The van der Waals surface area contributed by atoms with Crippen LogP contribution in [0.2, 0.25) is 0 Å². The van der Waals surface area contributed by atoms with E-state index < -0.39 is 13.0 Å². The first kappa shape index (κ1) is 14.4. The van der Waals surface area contributed by atoms with Crippen molar-refractivity contribution >= 4 is 0 Å². The molecule has 0 heterocycles. The van der Waals surface area contributed by atoms with Gasteiger partial charge < -0.3 is 10.1 Å². The molecule has 0 fully saturated rings. The van der Waals surface area contributed by atoms with Gasteiger partial charge in [-0.3, -0.25) is 0 Å². The van der Waals surface area contributed by atoms with Crippen molar-refractivity contribution in [1.29, 1.82) is 0 Å². The zero-order chi connectivity index (χ0) is 13.7. The van der Waals surface area contributed by atoms with Gasteiger partial charge in [0, 0.05) is 0 Å². The van der Waals surface area contributed by atoms with Crippen molar-refractivity contribution < 1.29 is 13.5 Å². The molecule has 2 atom stereocenters. The summed E-state index contributed by atoms with van der Waals surface area (Å²) in [6.07, 6.45) is 0.219. The second kappa shape index (κ2) is 6.96. The van der Waals surface area contributed by atoms with Gasteiger partial charge in [0.05, 0.1) is 12.1 Å². The number of alkyl halides is 2. The maximum Gasteiger partial charge on any atom is 0.261 e. The second-order valence-electron chi connectivity index (χ2n) is 4.89. The molecule has 0 spiro atoms. The van der Waals surface area contributed by atoms with Gasteiger partial charge in [-0.25, -0.2) is 8.78 Å². The Morgan fingerprint density at radius 1 is 1.37 bits per heavy atom. The molecule has 0 radical (unpaired) electrons. The van der Waals surface area contributed by atoms with Gasteiger partial charge in [0.2, 0.25) is 0 Å². The Hall–Kier alpha value is -1.00. The van der Waals surface area contributed by atoms with Crippen molar-refractivity contribution in [3.05, 3.63) is 35.4 Å². The lowest BCUT2D eigenvalue weighted by molar-refractivity contribution is -0.0409. The summed E-state index contributed by atoms with van der Waals surface area (Å²) >= 11 is 0. The molecule has 0 aliphatic heterocycles. The SMILES string of the molecule is CCNC1c2ccccc2CCCC1OCC(F)F. The number of fused-ring (bicyclic) bond motifs is 1. The van der Waals surface area contributed by atoms with E-state index in [9.17, 15) is 8.78 Å². The molecule has 0 amide bonds. The molecule has 0 aromatic heterocycles. The quantitative estimate of drug-likeness (QED) is 0.828. The van der Waals surface area contributed by atoms with Crippen molar-refractivity contribution in [2.24, 2.45) is 0 Å². The first-order valence-corrected chi connectivity index (χ1v) is 6.93. The molecular formula is C15H21F2NO. The van der Waals surface area contributed by atoms with Crippen molar-refractivity contribution in [3.8, 4) is 0 Å². The first-order chi connectivity index (χ1) is 9.22. The molecule has 4 heteroatoms. The number of rotatable bonds is 5. The fourth-order valence-corrected chi connectivity index (χ4v) is 2.76. The summed E-state index contributed by atoms with van der Waals surface area (Å²) < 4.78 is 30.1. The van der Waals surface area contributed by atoms with Crippen LogP contribution < -0.4 is 5.32 Å². The number of nitrogens with one attached hydrogen (secondary N) is 1. The highest BCUT2D eigenvalue weighted by Crippen LogP contribution is 2.30. The largest absolute Gasteiger partial charge is 0.370 e. The van der Waals surface area contributed by atoms with E-state index in [1.807, 2.05) is 19.1 Å². The monoisotopic (exact) mass is 269 g/mol. The van der Waals surface area contributed by atoms with Crippen LogP contribution in [0.5, 0.6) is 0 Å². The molecule has 2 rings (SSSR count). The smallest absolute Gasteiger partial charge is 0.261 e. The predicted molar refractivity (Wildman–Crippen MR) is 71.5 cm³/mol. The molecule has 0 saturated heterocycles.